The number of amides is 1. The molecular formula is C10H16N4O. The van der Waals surface area contributed by atoms with Crippen LogP contribution in [0.25, 0.3) is 0 Å². The zero-order chi connectivity index (χ0) is 11.3. The van der Waals surface area contributed by atoms with Crippen molar-refractivity contribution in [1.82, 2.24) is 15.3 Å². The number of rotatable bonds is 4. The van der Waals surface area contributed by atoms with E-state index in [0.717, 1.165) is 11.4 Å². The summed E-state index contributed by atoms with van der Waals surface area (Å²) in [6, 6.07) is 0. The Bertz CT molecular complexity index is 351. The Morgan fingerprint density at radius 1 is 1.47 bits per heavy atom. The summed E-state index contributed by atoms with van der Waals surface area (Å²) in [6.45, 7) is 6.47. The lowest BCUT2D eigenvalue weighted by atomic mass is 10.4. The number of nitrogens with zero attached hydrogens (tertiary/aromatic N) is 2. The lowest BCUT2D eigenvalue weighted by Gasteiger charge is -2.08. The van der Waals surface area contributed by atoms with E-state index in [-0.39, 0.29) is 12.5 Å². The molecule has 0 fully saturated rings. The zero-order valence-electron chi connectivity index (χ0n) is 9.29. The maximum Gasteiger partial charge on any atom is 0.239 e. The van der Waals surface area contributed by atoms with Crippen molar-refractivity contribution in [3.63, 3.8) is 0 Å². The third-order valence-electron chi connectivity index (χ3n) is 1.87. The Morgan fingerprint density at radius 3 is 2.87 bits per heavy atom. The highest BCUT2D eigenvalue weighted by atomic mass is 16.1. The van der Waals surface area contributed by atoms with Gasteiger partial charge < -0.3 is 10.6 Å². The van der Waals surface area contributed by atoms with Gasteiger partial charge in [0.15, 0.2) is 0 Å². The minimum absolute atomic E-state index is 0.0415. The average molecular weight is 208 g/mol. The van der Waals surface area contributed by atoms with Crippen molar-refractivity contribution in [2.75, 3.05) is 18.4 Å². The van der Waals surface area contributed by atoms with Gasteiger partial charge in [-0.15, -0.1) is 0 Å². The van der Waals surface area contributed by atoms with E-state index in [4.69, 9.17) is 0 Å². The predicted octanol–water partition coefficient (Wildman–Crippen LogP) is 0.641. The van der Waals surface area contributed by atoms with E-state index >= 15 is 0 Å². The number of hydrogen-bond donors (Lipinski definition) is 2. The van der Waals surface area contributed by atoms with Crippen LogP contribution in [-0.2, 0) is 4.79 Å². The smallest absolute Gasteiger partial charge is 0.239 e. The lowest BCUT2D eigenvalue weighted by molar-refractivity contribution is -0.119. The van der Waals surface area contributed by atoms with E-state index in [1.165, 1.54) is 0 Å². The van der Waals surface area contributed by atoms with Gasteiger partial charge in [-0.25, -0.2) is 4.98 Å². The van der Waals surface area contributed by atoms with Crippen LogP contribution in [-0.4, -0.2) is 29.0 Å². The van der Waals surface area contributed by atoms with Gasteiger partial charge in [0.1, 0.15) is 5.82 Å². The van der Waals surface area contributed by atoms with Crippen LogP contribution < -0.4 is 10.6 Å². The molecule has 0 saturated heterocycles. The minimum atomic E-state index is -0.0415. The molecule has 0 aliphatic carbocycles. The summed E-state index contributed by atoms with van der Waals surface area (Å²) in [5.74, 6) is 0.626. The zero-order valence-corrected chi connectivity index (χ0v) is 9.29. The quantitative estimate of drug-likeness (QED) is 0.762. The van der Waals surface area contributed by atoms with Crippen molar-refractivity contribution in [1.29, 1.82) is 0 Å². The molecule has 0 bridgehead atoms. The van der Waals surface area contributed by atoms with Crippen molar-refractivity contribution >= 4 is 11.7 Å². The molecule has 0 spiro atoms. The van der Waals surface area contributed by atoms with E-state index in [9.17, 15) is 4.79 Å². The number of anilines is 1. The van der Waals surface area contributed by atoms with Crippen LogP contribution in [0.15, 0.2) is 6.20 Å². The highest BCUT2D eigenvalue weighted by Crippen LogP contribution is 2.07. The van der Waals surface area contributed by atoms with E-state index in [2.05, 4.69) is 20.6 Å². The van der Waals surface area contributed by atoms with Crippen molar-refractivity contribution in [3.05, 3.63) is 17.6 Å². The summed E-state index contributed by atoms with van der Waals surface area (Å²) < 4.78 is 0. The molecule has 1 rings (SSSR count). The summed E-state index contributed by atoms with van der Waals surface area (Å²) in [4.78, 5) is 19.6. The molecule has 0 aliphatic heterocycles. The fourth-order valence-electron chi connectivity index (χ4n) is 1.13. The van der Waals surface area contributed by atoms with E-state index < -0.39 is 0 Å². The fourth-order valence-corrected chi connectivity index (χ4v) is 1.13. The molecule has 0 atom stereocenters. The van der Waals surface area contributed by atoms with Gasteiger partial charge in [0.25, 0.3) is 0 Å². The average Bonchev–Trinajstić information content (AvgIpc) is 2.20. The lowest BCUT2D eigenvalue weighted by Crippen LogP contribution is -2.29. The van der Waals surface area contributed by atoms with Crippen molar-refractivity contribution < 1.29 is 4.79 Å². The predicted molar refractivity (Wildman–Crippen MR) is 58.7 cm³/mol. The summed E-state index contributed by atoms with van der Waals surface area (Å²) >= 11 is 0. The summed E-state index contributed by atoms with van der Waals surface area (Å²) in [6.07, 6.45) is 1.70. The molecule has 5 nitrogen and oxygen atoms in total. The van der Waals surface area contributed by atoms with E-state index in [1.54, 1.807) is 6.20 Å². The van der Waals surface area contributed by atoms with Gasteiger partial charge >= 0.3 is 0 Å². The van der Waals surface area contributed by atoms with E-state index in [1.807, 2.05) is 20.8 Å². The second kappa shape index (κ2) is 5.29. The molecule has 2 N–H and O–H groups in total. The Balaban J connectivity index is 2.57. The molecule has 1 aromatic heterocycles. The molecule has 0 aliphatic rings. The van der Waals surface area contributed by atoms with Gasteiger partial charge in [-0.1, -0.05) is 0 Å². The van der Waals surface area contributed by atoms with Crippen LogP contribution in [0, 0.1) is 13.8 Å². The monoisotopic (exact) mass is 208 g/mol. The Kier molecular flexibility index (Phi) is 4.03. The summed E-state index contributed by atoms with van der Waals surface area (Å²) in [5.41, 5.74) is 1.63. The second-order valence-electron chi connectivity index (χ2n) is 3.25. The van der Waals surface area contributed by atoms with Crippen LogP contribution in [0.1, 0.15) is 18.3 Å². The molecular weight excluding hydrogens is 192 g/mol. The van der Waals surface area contributed by atoms with Gasteiger partial charge in [-0.2, -0.15) is 0 Å². The van der Waals surface area contributed by atoms with Crippen LogP contribution in [0.3, 0.4) is 0 Å². The highest BCUT2D eigenvalue weighted by molar-refractivity contribution is 5.80. The summed E-state index contributed by atoms with van der Waals surface area (Å²) in [7, 11) is 0. The van der Waals surface area contributed by atoms with Gasteiger partial charge in [-0.3, -0.25) is 9.78 Å². The number of likely N-dealkylation sites (N-methyl/N-ethyl adjacent to an activating group) is 1. The van der Waals surface area contributed by atoms with Crippen LogP contribution >= 0.6 is 0 Å². The molecule has 0 radical (unpaired) electrons. The molecule has 1 heterocycles. The summed E-state index contributed by atoms with van der Waals surface area (Å²) in [5, 5.41) is 5.65. The third-order valence-corrected chi connectivity index (χ3v) is 1.87. The number of aryl methyl sites for hydroxylation is 2. The number of carbonyl (C=O) groups excluding carboxylic acids is 1. The Labute approximate surface area is 89.3 Å². The van der Waals surface area contributed by atoms with Crippen LogP contribution in [0.5, 0.6) is 0 Å². The van der Waals surface area contributed by atoms with Crippen molar-refractivity contribution in [2.45, 2.75) is 20.8 Å². The standard InChI is InChI=1S/C10H16N4O/c1-4-11-9(15)6-13-10-8(3)12-5-7(2)14-10/h5H,4,6H2,1-3H3,(H,11,15)(H,13,14). The first-order valence-corrected chi connectivity index (χ1v) is 4.94. The molecule has 1 amide bonds. The SMILES string of the molecule is CCNC(=O)CNc1nc(C)cnc1C. The maximum absolute atomic E-state index is 11.2. The van der Waals surface area contributed by atoms with Crippen LogP contribution in [0.2, 0.25) is 0 Å². The molecule has 15 heavy (non-hydrogen) atoms. The maximum atomic E-state index is 11.2. The first-order chi connectivity index (χ1) is 7.13. The number of carbonyl (C=O) groups is 1. The largest absolute Gasteiger partial charge is 0.359 e. The number of nitrogens with one attached hydrogen (secondary N) is 2. The molecule has 0 unspecified atom stereocenters. The normalized spacial score (nSPS) is 9.80. The first-order valence-electron chi connectivity index (χ1n) is 4.94. The fraction of sp³-hybridized carbons (Fsp3) is 0.500. The topological polar surface area (TPSA) is 66.9 Å². The third kappa shape index (κ3) is 3.53. The molecule has 1 aromatic rings. The Hall–Kier alpha value is -1.65. The minimum Gasteiger partial charge on any atom is -0.359 e. The molecule has 0 aromatic carbocycles. The van der Waals surface area contributed by atoms with Crippen molar-refractivity contribution in [3.8, 4) is 0 Å². The van der Waals surface area contributed by atoms with Gasteiger partial charge in [0.2, 0.25) is 5.91 Å². The van der Waals surface area contributed by atoms with Crippen LogP contribution in [0.4, 0.5) is 5.82 Å². The molecule has 5 heteroatoms. The number of aromatic nitrogens is 2. The van der Waals surface area contributed by atoms with Gasteiger partial charge in [0.05, 0.1) is 17.9 Å². The van der Waals surface area contributed by atoms with Crippen molar-refractivity contribution in [2.24, 2.45) is 0 Å². The van der Waals surface area contributed by atoms with Gasteiger partial charge in [-0.05, 0) is 20.8 Å². The highest BCUT2D eigenvalue weighted by Gasteiger charge is 2.03. The number of hydrogen-bond acceptors (Lipinski definition) is 4. The Morgan fingerprint density at radius 2 is 2.20 bits per heavy atom. The van der Waals surface area contributed by atoms with Gasteiger partial charge in [0, 0.05) is 12.7 Å². The molecule has 0 saturated carbocycles. The second-order valence-corrected chi connectivity index (χ2v) is 3.25. The van der Waals surface area contributed by atoms with E-state index in [0.29, 0.717) is 12.4 Å². The molecule has 82 valence electrons. The first kappa shape index (κ1) is 11.4.